The summed E-state index contributed by atoms with van der Waals surface area (Å²) in [6, 6.07) is 0. The average molecular weight is 261 g/mol. The van der Waals surface area contributed by atoms with Gasteiger partial charge in [0.1, 0.15) is 0 Å². The van der Waals surface area contributed by atoms with Crippen molar-refractivity contribution < 1.29 is 14.3 Å². The molecule has 0 spiro atoms. The third kappa shape index (κ3) is 2.84. The molecule has 1 rings (SSSR count). The molecule has 0 saturated heterocycles. The van der Waals surface area contributed by atoms with Gasteiger partial charge in [-0.2, -0.15) is 0 Å². The summed E-state index contributed by atoms with van der Waals surface area (Å²) < 4.78 is 5.02. The number of Topliss-reactive ketones (excluding diaryl/α,β-unsaturated/α-hetero) is 1. The van der Waals surface area contributed by atoms with Crippen LogP contribution >= 0.6 is 0 Å². The number of hydrogen-bond acceptors (Lipinski definition) is 4. The topological polar surface area (TPSA) is 46.6 Å². The van der Waals surface area contributed by atoms with Crippen molar-refractivity contribution in [3.8, 4) is 0 Å². The molecule has 0 fully saturated rings. The number of hydrogen-bond donors (Lipinski definition) is 0. The van der Waals surface area contributed by atoms with E-state index in [1.807, 2.05) is 13.0 Å². The van der Waals surface area contributed by atoms with Crippen molar-refractivity contribution >= 4 is 11.8 Å². The summed E-state index contributed by atoms with van der Waals surface area (Å²) in [6.07, 6.45) is 5.09. The third-order valence-electron chi connectivity index (χ3n) is 2.88. The lowest BCUT2D eigenvalue weighted by molar-refractivity contribution is -0.138. The first-order valence-corrected chi connectivity index (χ1v) is 6.17. The fourth-order valence-corrected chi connectivity index (χ4v) is 2.04. The number of ketones is 1. The Labute approximate surface area is 113 Å². The summed E-state index contributed by atoms with van der Waals surface area (Å²) in [5.41, 5.74) is 2.21. The molecule has 4 heteroatoms. The molecule has 0 unspecified atom stereocenters. The van der Waals surface area contributed by atoms with E-state index in [9.17, 15) is 9.59 Å². The molecule has 0 radical (unpaired) electrons. The molecule has 0 aromatic heterocycles. The second kappa shape index (κ2) is 6.18. The lowest BCUT2D eigenvalue weighted by Crippen LogP contribution is -2.27. The van der Waals surface area contributed by atoms with E-state index in [0.29, 0.717) is 23.5 Å². The molecule has 1 aliphatic heterocycles. The van der Waals surface area contributed by atoms with Gasteiger partial charge in [0, 0.05) is 18.8 Å². The van der Waals surface area contributed by atoms with Crippen molar-refractivity contribution in [3.63, 3.8) is 0 Å². The van der Waals surface area contributed by atoms with Crippen molar-refractivity contribution in [2.24, 2.45) is 0 Å². The molecular weight excluding hydrogens is 242 g/mol. The Balaban J connectivity index is 3.41. The third-order valence-corrected chi connectivity index (χ3v) is 2.88. The van der Waals surface area contributed by atoms with Crippen LogP contribution in [0.15, 0.2) is 47.5 Å². The standard InChI is InChI=1S/C15H19NO3/c1-6-12-9-13(15(18)19-8-3)10(4)14(11(5)17)16(12)7-2/h6-7,9H,2,8H2,1,3-5H3/b12-6-. The zero-order valence-corrected chi connectivity index (χ0v) is 11.8. The van der Waals surface area contributed by atoms with Crippen molar-refractivity contribution in [1.29, 1.82) is 0 Å². The largest absolute Gasteiger partial charge is 0.462 e. The van der Waals surface area contributed by atoms with E-state index in [4.69, 9.17) is 4.74 Å². The molecule has 0 saturated carbocycles. The summed E-state index contributed by atoms with van der Waals surface area (Å²) >= 11 is 0. The van der Waals surface area contributed by atoms with Crippen molar-refractivity contribution in [1.82, 2.24) is 4.90 Å². The molecule has 0 bridgehead atoms. The second-order valence-electron chi connectivity index (χ2n) is 4.07. The number of allylic oxidation sites excluding steroid dienone is 3. The zero-order valence-electron chi connectivity index (χ0n) is 11.8. The quantitative estimate of drug-likeness (QED) is 0.730. The maximum absolute atomic E-state index is 11.9. The smallest absolute Gasteiger partial charge is 0.338 e. The Morgan fingerprint density at radius 1 is 1.47 bits per heavy atom. The van der Waals surface area contributed by atoms with Gasteiger partial charge in [0.05, 0.1) is 17.9 Å². The van der Waals surface area contributed by atoms with Crippen molar-refractivity contribution in [2.75, 3.05) is 6.61 Å². The maximum Gasteiger partial charge on any atom is 0.338 e. The highest BCUT2D eigenvalue weighted by Gasteiger charge is 2.27. The highest BCUT2D eigenvalue weighted by Crippen LogP contribution is 2.30. The van der Waals surface area contributed by atoms with Crippen LogP contribution in [0.25, 0.3) is 0 Å². The summed E-state index contributed by atoms with van der Waals surface area (Å²) in [7, 11) is 0. The van der Waals surface area contributed by atoms with Crippen LogP contribution in [0.4, 0.5) is 0 Å². The number of carbonyl (C=O) groups excluding carboxylic acids is 2. The Kier molecular flexibility index (Phi) is 4.87. The second-order valence-corrected chi connectivity index (χ2v) is 4.07. The van der Waals surface area contributed by atoms with Gasteiger partial charge in [-0.1, -0.05) is 12.7 Å². The van der Waals surface area contributed by atoms with E-state index < -0.39 is 5.97 Å². The number of nitrogens with zero attached hydrogens (tertiary/aromatic N) is 1. The molecule has 0 atom stereocenters. The highest BCUT2D eigenvalue weighted by molar-refractivity contribution is 6.01. The molecule has 0 aromatic carbocycles. The predicted octanol–water partition coefficient (Wildman–Crippen LogP) is 2.70. The SMILES string of the molecule is C=CN1C(C(C)=O)=C(C)C(C(=O)OCC)=C/C1=C/C. The van der Waals surface area contributed by atoms with Gasteiger partial charge in [-0.25, -0.2) is 4.79 Å². The Hall–Kier alpha value is -2.10. The Morgan fingerprint density at radius 2 is 2.11 bits per heavy atom. The maximum atomic E-state index is 11.9. The van der Waals surface area contributed by atoms with Crippen LogP contribution in [0.3, 0.4) is 0 Å². The molecule has 1 aliphatic rings. The first kappa shape index (κ1) is 15.0. The van der Waals surface area contributed by atoms with Gasteiger partial charge in [0.25, 0.3) is 0 Å². The number of rotatable bonds is 4. The van der Waals surface area contributed by atoms with Crippen LogP contribution in [0.5, 0.6) is 0 Å². The molecule has 0 aromatic rings. The fourth-order valence-electron chi connectivity index (χ4n) is 2.04. The van der Waals surface area contributed by atoms with Gasteiger partial charge in [-0.3, -0.25) is 4.79 Å². The Morgan fingerprint density at radius 3 is 2.53 bits per heavy atom. The number of ether oxygens (including phenoxy) is 1. The van der Waals surface area contributed by atoms with Gasteiger partial charge < -0.3 is 9.64 Å². The van der Waals surface area contributed by atoms with E-state index in [-0.39, 0.29) is 5.78 Å². The van der Waals surface area contributed by atoms with E-state index in [1.165, 1.54) is 6.92 Å². The highest BCUT2D eigenvalue weighted by atomic mass is 16.5. The molecule has 0 aliphatic carbocycles. The minimum atomic E-state index is -0.415. The van der Waals surface area contributed by atoms with Crippen LogP contribution in [-0.2, 0) is 14.3 Å². The molecule has 1 heterocycles. The molecule has 4 nitrogen and oxygen atoms in total. The van der Waals surface area contributed by atoms with Gasteiger partial charge >= 0.3 is 5.97 Å². The van der Waals surface area contributed by atoms with E-state index in [1.54, 1.807) is 31.0 Å². The summed E-state index contributed by atoms with van der Waals surface area (Å²) in [4.78, 5) is 25.4. The summed E-state index contributed by atoms with van der Waals surface area (Å²) in [5.74, 6) is -0.534. The van der Waals surface area contributed by atoms with E-state index in [0.717, 1.165) is 5.70 Å². The van der Waals surface area contributed by atoms with Crippen LogP contribution in [-0.4, -0.2) is 23.3 Å². The molecule has 0 N–H and O–H groups in total. The van der Waals surface area contributed by atoms with Crippen molar-refractivity contribution in [3.05, 3.63) is 47.5 Å². The average Bonchev–Trinajstić information content (AvgIpc) is 2.37. The normalized spacial score (nSPS) is 17.4. The first-order valence-electron chi connectivity index (χ1n) is 6.17. The van der Waals surface area contributed by atoms with Gasteiger partial charge in [0.2, 0.25) is 0 Å². The molecule has 102 valence electrons. The van der Waals surface area contributed by atoms with Crippen molar-refractivity contribution in [2.45, 2.75) is 27.7 Å². The van der Waals surface area contributed by atoms with Gasteiger partial charge in [0.15, 0.2) is 5.78 Å². The number of carbonyl (C=O) groups is 2. The lowest BCUT2D eigenvalue weighted by atomic mass is 9.97. The van der Waals surface area contributed by atoms with Crippen LogP contribution < -0.4 is 0 Å². The monoisotopic (exact) mass is 261 g/mol. The molecule has 0 amide bonds. The van der Waals surface area contributed by atoms with Crippen LogP contribution in [0.2, 0.25) is 0 Å². The summed E-state index contributed by atoms with van der Waals surface area (Å²) in [5, 5.41) is 0. The minimum Gasteiger partial charge on any atom is -0.462 e. The lowest BCUT2D eigenvalue weighted by Gasteiger charge is -2.29. The van der Waals surface area contributed by atoms with E-state index in [2.05, 4.69) is 6.58 Å². The summed E-state index contributed by atoms with van der Waals surface area (Å²) in [6.45, 7) is 10.8. The van der Waals surface area contributed by atoms with Crippen LogP contribution in [0.1, 0.15) is 27.7 Å². The van der Waals surface area contributed by atoms with Gasteiger partial charge in [-0.05, 0) is 32.4 Å². The fraction of sp³-hybridized carbons (Fsp3) is 0.333. The predicted molar refractivity (Wildman–Crippen MR) is 73.9 cm³/mol. The van der Waals surface area contributed by atoms with Crippen LogP contribution in [0, 0.1) is 0 Å². The molecular formula is C15H19NO3. The number of esters is 1. The first-order chi connectivity index (χ1) is 8.97. The van der Waals surface area contributed by atoms with Gasteiger partial charge in [-0.15, -0.1) is 0 Å². The van der Waals surface area contributed by atoms with E-state index >= 15 is 0 Å². The Bertz CT molecular complexity index is 509. The zero-order chi connectivity index (χ0) is 14.6. The molecule has 19 heavy (non-hydrogen) atoms. The minimum absolute atomic E-state index is 0.119.